The van der Waals surface area contributed by atoms with E-state index in [2.05, 4.69) is 13.8 Å². The number of hydrogen-bond acceptors (Lipinski definition) is 11. The van der Waals surface area contributed by atoms with Crippen LogP contribution >= 0.6 is 0 Å². The molecule has 3 aliphatic heterocycles. The summed E-state index contributed by atoms with van der Waals surface area (Å²) in [5.41, 5.74) is -0.895. The number of methoxy groups -OCH3 is 1. The molecule has 4 aliphatic carbocycles. The van der Waals surface area contributed by atoms with Crippen LogP contribution in [-0.2, 0) is 47.5 Å². The van der Waals surface area contributed by atoms with Crippen molar-refractivity contribution in [3.05, 3.63) is 11.6 Å². The number of ether oxygens (including phenoxy) is 7. The second kappa shape index (κ2) is 10.7. The highest BCUT2D eigenvalue weighted by atomic mass is 16.7. The molecule has 1 spiro atoms. The lowest BCUT2D eigenvalue weighted by Gasteiger charge is -2.62. The first-order valence-corrected chi connectivity index (χ1v) is 16.7. The van der Waals surface area contributed by atoms with Crippen molar-refractivity contribution in [2.75, 3.05) is 13.7 Å². The Hall–Kier alpha value is -2.05. The van der Waals surface area contributed by atoms with Gasteiger partial charge in [0.25, 0.3) is 0 Å². The first kappa shape index (κ1) is 31.5. The van der Waals surface area contributed by atoms with Gasteiger partial charge in [0.15, 0.2) is 18.5 Å². The van der Waals surface area contributed by atoms with E-state index in [1.54, 1.807) is 13.0 Å². The molecule has 0 aromatic carbocycles. The van der Waals surface area contributed by atoms with Crippen LogP contribution in [0.15, 0.2) is 11.6 Å². The van der Waals surface area contributed by atoms with Gasteiger partial charge in [0, 0.05) is 32.4 Å². The smallest absolute Gasteiger partial charge is 0.331 e. The fraction of sp³-hybridized carbons (Fsp3) is 0.853. The Bertz CT molecular complexity index is 1280. The van der Waals surface area contributed by atoms with E-state index in [9.17, 15) is 19.5 Å². The predicted molar refractivity (Wildman–Crippen MR) is 156 cm³/mol. The number of aliphatic hydroxyl groups is 1. The number of carbonyl (C=O) groups is 3. The average molecular weight is 633 g/mol. The van der Waals surface area contributed by atoms with Crippen molar-refractivity contribution in [2.45, 2.75) is 140 Å². The molecule has 2 saturated heterocycles. The van der Waals surface area contributed by atoms with E-state index in [0.29, 0.717) is 18.9 Å². The van der Waals surface area contributed by atoms with Gasteiger partial charge in [0.05, 0.1) is 18.3 Å². The number of rotatable bonds is 6. The van der Waals surface area contributed by atoms with E-state index in [4.69, 9.17) is 33.2 Å². The summed E-state index contributed by atoms with van der Waals surface area (Å²) in [6, 6.07) is 0. The third-order valence-electron chi connectivity index (χ3n) is 13.2. The fourth-order valence-corrected chi connectivity index (χ4v) is 11.1. The molecule has 11 heteroatoms. The molecule has 0 amide bonds. The maximum Gasteiger partial charge on any atom is 0.331 e. The van der Waals surface area contributed by atoms with Crippen molar-refractivity contribution in [1.29, 1.82) is 0 Å². The molecule has 7 rings (SSSR count). The molecule has 1 N–H and O–H groups in total. The van der Waals surface area contributed by atoms with Gasteiger partial charge in [0.1, 0.15) is 23.9 Å². The maximum atomic E-state index is 12.7. The van der Waals surface area contributed by atoms with E-state index in [0.717, 1.165) is 50.5 Å². The average Bonchev–Trinajstić information content (AvgIpc) is 3.41. The topological polar surface area (TPSA) is 139 Å². The van der Waals surface area contributed by atoms with Gasteiger partial charge in [-0.2, -0.15) is 0 Å². The lowest BCUT2D eigenvalue weighted by molar-refractivity contribution is -0.316. The Labute approximate surface area is 264 Å². The largest absolute Gasteiger partial charge is 0.458 e. The van der Waals surface area contributed by atoms with Gasteiger partial charge in [-0.15, -0.1) is 0 Å². The van der Waals surface area contributed by atoms with E-state index in [-0.39, 0.29) is 40.8 Å². The number of epoxide rings is 1. The molecule has 250 valence electrons. The quantitative estimate of drug-likeness (QED) is 0.200. The standard InChI is InChI=1S/C34H48O11/c1-17-27(42-18(2)35)28(39-6)29(43-19(3)36)30(41-17)44-22-7-10-31(4)21(14-22)15-25-34(45-25)24(31)9-11-32(5)23(8-12-33(32,34)38)20-13-26(37)40-16-20/h13,17,21-25,27-30,38H,7-12,14-16H2,1-6H3/t17-,21-,22-,23+,24+,25-,27-,28+,29-,30-,31-,32+,33+,34+/m0/s1. The van der Waals surface area contributed by atoms with Crippen molar-refractivity contribution in [2.24, 2.45) is 28.6 Å². The molecular formula is C34H48O11. The second-order valence-electron chi connectivity index (χ2n) is 15.2. The molecule has 0 aromatic heterocycles. The molecule has 0 radical (unpaired) electrons. The number of esters is 3. The molecule has 0 bridgehead atoms. The number of carbonyl (C=O) groups excluding carboxylic acids is 3. The molecule has 14 atom stereocenters. The minimum absolute atomic E-state index is 0.0137. The van der Waals surface area contributed by atoms with Gasteiger partial charge in [-0.05, 0) is 87.0 Å². The first-order chi connectivity index (χ1) is 21.3. The van der Waals surface area contributed by atoms with Crippen LogP contribution in [0.25, 0.3) is 0 Å². The van der Waals surface area contributed by atoms with Crippen LogP contribution in [0.4, 0.5) is 0 Å². The monoisotopic (exact) mass is 632 g/mol. The van der Waals surface area contributed by atoms with Crippen LogP contribution in [0.3, 0.4) is 0 Å². The predicted octanol–water partition coefficient (Wildman–Crippen LogP) is 3.38. The normalized spacial score (nSPS) is 51.5. The lowest BCUT2D eigenvalue weighted by atomic mass is 9.43. The Morgan fingerprint density at radius 2 is 1.71 bits per heavy atom. The summed E-state index contributed by atoms with van der Waals surface area (Å²) in [5.74, 6) is -0.581. The zero-order valence-corrected chi connectivity index (χ0v) is 27.2. The highest BCUT2D eigenvalue weighted by Gasteiger charge is 2.84. The number of hydrogen-bond donors (Lipinski definition) is 1. The highest BCUT2D eigenvalue weighted by molar-refractivity contribution is 5.85. The van der Waals surface area contributed by atoms with Crippen LogP contribution in [0, 0.1) is 28.6 Å². The lowest BCUT2D eigenvalue weighted by Crippen LogP contribution is -2.68. The van der Waals surface area contributed by atoms with Gasteiger partial charge in [-0.25, -0.2) is 4.79 Å². The Morgan fingerprint density at radius 1 is 0.978 bits per heavy atom. The van der Waals surface area contributed by atoms with Crippen LogP contribution in [0.1, 0.15) is 86.0 Å². The van der Waals surface area contributed by atoms with Crippen LogP contribution in [0.5, 0.6) is 0 Å². The first-order valence-electron chi connectivity index (χ1n) is 16.7. The van der Waals surface area contributed by atoms with Crippen molar-refractivity contribution < 1.29 is 52.6 Å². The van der Waals surface area contributed by atoms with Crippen LogP contribution < -0.4 is 0 Å². The third-order valence-corrected chi connectivity index (χ3v) is 13.2. The van der Waals surface area contributed by atoms with Crippen LogP contribution in [0.2, 0.25) is 0 Å². The summed E-state index contributed by atoms with van der Waals surface area (Å²) >= 11 is 0. The summed E-state index contributed by atoms with van der Waals surface area (Å²) < 4.78 is 41.7. The molecule has 3 heterocycles. The van der Waals surface area contributed by atoms with Crippen LogP contribution in [-0.4, -0.2) is 90.8 Å². The molecule has 4 saturated carbocycles. The van der Waals surface area contributed by atoms with E-state index >= 15 is 0 Å². The Balaban J connectivity index is 1.08. The minimum atomic E-state index is -0.955. The van der Waals surface area contributed by atoms with Crippen molar-refractivity contribution in [3.8, 4) is 0 Å². The summed E-state index contributed by atoms with van der Waals surface area (Å²) in [7, 11) is 1.50. The molecule has 7 aliphatic rings. The summed E-state index contributed by atoms with van der Waals surface area (Å²) in [5, 5.41) is 12.7. The van der Waals surface area contributed by atoms with E-state index < -0.39 is 53.8 Å². The van der Waals surface area contributed by atoms with Gasteiger partial charge in [-0.1, -0.05) is 13.8 Å². The second-order valence-corrected chi connectivity index (χ2v) is 15.2. The number of fused-ring (bicyclic) bond motifs is 3. The number of cyclic esters (lactones) is 1. The summed E-state index contributed by atoms with van der Waals surface area (Å²) in [6.07, 6.45) is 4.42. The van der Waals surface area contributed by atoms with Gasteiger partial charge >= 0.3 is 17.9 Å². The Morgan fingerprint density at radius 3 is 2.38 bits per heavy atom. The SMILES string of the molecule is CO[C@H]1[C@H](OC(C)=O)[C@H](O[C@H]2CC[C@@]3(C)[C@@H](C2)C[C@@H]2O[C@]24[C@@H]3CC[C@]2(C)[C@@H](C3=CC(=O)OC3)CC[C@]42O)O[C@@H](C)[C@@H]1OC(C)=O. The fourth-order valence-electron chi connectivity index (χ4n) is 11.1. The highest BCUT2D eigenvalue weighted by Crippen LogP contribution is 2.77. The summed E-state index contributed by atoms with van der Waals surface area (Å²) in [6.45, 7) is 9.37. The zero-order valence-electron chi connectivity index (χ0n) is 27.2. The molecule has 0 unspecified atom stereocenters. The van der Waals surface area contributed by atoms with E-state index in [1.165, 1.54) is 21.0 Å². The van der Waals surface area contributed by atoms with Gasteiger partial charge in [0.2, 0.25) is 0 Å². The molecule has 0 aromatic rings. The van der Waals surface area contributed by atoms with Crippen molar-refractivity contribution in [1.82, 2.24) is 0 Å². The minimum Gasteiger partial charge on any atom is -0.458 e. The molecule has 6 fully saturated rings. The van der Waals surface area contributed by atoms with Gasteiger partial charge in [-0.3, -0.25) is 9.59 Å². The molecule has 11 nitrogen and oxygen atoms in total. The molecule has 45 heavy (non-hydrogen) atoms. The summed E-state index contributed by atoms with van der Waals surface area (Å²) in [4.78, 5) is 35.8. The van der Waals surface area contributed by atoms with Crippen molar-refractivity contribution >= 4 is 17.9 Å². The third kappa shape index (κ3) is 4.50. The van der Waals surface area contributed by atoms with E-state index in [1.807, 2.05) is 0 Å². The maximum absolute atomic E-state index is 12.7. The zero-order chi connectivity index (χ0) is 32.1. The van der Waals surface area contributed by atoms with Gasteiger partial charge < -0.3 is 38.3 Å². The Kier molecular flexibility index (Phi) is 7.53. The van der Waals surface area contributed by atoms with Crippen molar-refractivity contribution in [3.63, 3.8) is 0 Å². The molecular weight excluding hydrogens is 584 g/mol.